The summed E-state index contributed by atoms with van der Waals surface area (Å²) >= 11 is 6.48. The second-order valence-corrected chi connectivity index (χ2v) is 9.23. The number of carbonyl (C=O) groups excluding carboxylic acids is 1. The number of amides is 1. The van der Waals surface area contributed by atoms with Crippen LogP contribution in [0.3, 0.4) is 0 Å². The predicted molar refractivity (Wildman–Crippen MR) is 128 cm³/mol. The van der Waals surface area contributed by atoms with Crippen LogP contribution in [0.2, 0.25) is 5.02 Å². The molecule has 0 radical (unpaired) electrons. The Morgan fingerprint density at radius 2 is 1.87 bits per heavy atom. The number of imidazole rings is 1. The second-order valence-electron chi connectivity index (χ2n) is 8.79. The Balaban J connectivity index is 1.72. The third kappa shape index (κ3) is 5.60. The fourth-order valence-electron chi connectivity index (χ4n) is 4.74. The minimum absolute atomic E-state index is 0.0817. The van der Waals surface area contributed by atoms with E-state index < -0.39 is 0 Å². The minimum Gasteiger partial charge on any atom is -0.369 e. The van der Waals surface area contributed by atoms with Crippen molar-refractivity contribution in [2.24, 2.45) is 0 Å². The molecule has 6 nitrogen and oxygen atoms in total. The zero-order valence-corrected chi connectivity index (χ0v) is 20.2. The van der Waals surface area contributed by atoms with Crippen LogP contribution in [-0.4, -0.2) is 60.0 Å². The van der Waals surface area contributed by atoms with Gasteiger partial charge in [0, 0.05) is 53.6 Å². The number of nitrogens with one attached hydrogen (secondary N) is 2. The summed E-state index contributed by atoms with van der Waals surface area (Å²) < 4.78 is 0. The van der Waals surface area contributed by atoms with Crippen LogP contribution in [0.1, 0.15) is 59.9 Å². The first-order valence-electron chi connectivity index (χ1n) is 11.3. The van der Waals surface area contributed by atoms with Gasteiger partial charge in [0.1, 0.15) is 0 Å². The molecule has 1 aromatic heterocycles. The highest BCUT2D eigenvalue weighted by Crippen LogP contribution is 2.34. The molecule has 1 heterocycles. The average Bonchev–Trinajstić information content (AvgIpc) is 3.15. The molecule has 170 valence electrons. The van der Waals surface area contributed by atoms with Crippen LogP contribution in [-0.2, 0) is 6.42 Å². The lowest BCUT2D eigenvalue weighted by molar-refractivity contribution is 0.0953. The molecule has 1 amide bonds. The van der Waals surface area contributed by atoms with Gasteiger partial charge >= 0.3 is 0 Å². The Hall–Kier alpha value is -2.05. The highest BCUT2D eigenvalue weighted by molar-refractivity contribution is 6.31. The van der Waals surface area contributed by atoms with Crippen molar-refractivity contribution in [3.63, 3.8) is 0 Å². The summed E-state index contributed by atoms with van der Waals surface area (Å²) in [6.45, 7) is 7.65. The molecule has 1 saturated carbocycles. The largest absolute Gasteiger partial charge is 0.369 e. The molecular weight excluding hydrogens is 410 g/mol. The smallest absolute Gasteiger partial charge is 0.251 e. The van der Waals surface area contributed by atoms with E-state index in [2.05, 4.69) is 46.1 Å². The number of hydrogen-bond acceptors (Lipinski definition) is 4. The molecule has 0 atom stereocenters. The average molecular weight is 446 g/mol. The zero-order chi connectivity index (χ0) is 22.5. The number of nitrogens with zero attached hydrogens (tertiary/aromatic N) is 3. The molecule has 2 aromatic rings. The molecule has 0 aliphatic heterocycles. The quantitative estimate of drug-likeness (QED) is 0.633. The molecule has 0 unspecified atom stereocenters. The zero-order valence-electron chi connectivity index (χ0n) is 19.5. The number of hydrogen-bond donors (Lipinski definition) is 2. The molecule has 0 saturated heterocycles. The van der Waals surface area contributed by atoms with E-state index in [-0.39, 0.29) is 5.91 Å². The molecule has 0 bridgehead atoms. The molecular formula is C24H36ClN5O. The van der Waals surface area contributed by atoms with Gasteiger partial charge in [-0.15, -0.1) is 0 Å². The van der Waals surface area contributed by atoms with E-state index in [4.69, 9.17) is 11.6 Å². The van der Waals surface area contributed by atoms with E-state index in [0.717, 1.165) is 42.0 Å². The van der Waals surface area contributed by atoms with Crippen LogP contribution in [0.5, 0.6) is 0 Å². The second kappa shape index (κ2) is 10.5. The Morgan fingerprint density at radius 1 is 1.19 bits per heavy atom. The van der Waals surface area contributed by atoms with Crippen LogP contribution in [0, 0.1) is 13.8 Å². The van der Waals surface area contributed by atoms with Crippen molar-refractivity contribution in [2.75, 3.05) is 32.1 Å². The number of carbonyl (C=O) groups is 1. The third-order valence-corrected chi connectivity index (χ3v) is 6.88. The van der Waals surface area contributed by atoms with Crippen LogP contribution in [0.15, 0.2) is 18.5 Å². The molecule has 1 aliphatic carbocycles. The monoisotopic (exact) mass is 445 g/mol. The Kier molecular flexibility index (Phi) is 8.00. The lowest BCUT2D eigenvalue weighted by atomic mass is 9.89. The normalized spacial score (nSPS) is 18.9. The van der Waals surface area contributed by atoms with Gasteiger partial charge in [0.25, 0.3) is 5.91 Å². The van der Waals surface area contributed by atoms with Gasteiger partial charge in [-0.1, -0.05) is 11.6 Å². The summed E-state index contributed by atoms with van der Waals surface area (Å²) in [5.74, 6) is -0.0817. The topological polar surface area (TPSA) is 64.3 Å². The summed E-state index contributed by atoms with van der Waals surface area (Å²) in [6, 6.07) is 4.95. The van der Waals surface area contributed by atoms with Gasteiger partial charge in [-0.05, 0) is 78.2 Å². The molecule has 1 aliphatic rings. The lowest BCUT2D eigenvalue weighted by Gasteiger charge is -2.40. The van der Waals surface area contributed by atoms with E-state index in [1.165, 1.54) is 12.8 Å². The van der Waals surface area contributed by atoms with Crippen LogP contribution in [0.4, 0.5) is 5.69 Å². The molecule has 3 rings (SSSR count). The predicted octanol–water partition coefficient (Wildman–Crippen LogP) is 4.35. The highest BCUT2D eigenvalue weighted by atomic mass is 35.5. The van der Waals surface area contributed by atoms with Crippen molar-refractivity contribution in [3.05, 3.63) is 46.0 Å². The van der Waals surface area contributed by atoms with Gasteiger partial charge in [-0.2, -0.15) is 0 Å². The molecule has 31 heavy (non-hydrogen) atoms. The number of aromatic nitrogens is 2. The SMILES string of the molecule is CCN(c1cc(Cl)cc(C(=O)NCCc2nc[nH]c2C)c1C)C1CCC(N(C)C)CC1. The number of H-pyrrole nitrogens is 1. The lowest BCUT2D eigenvalue weighted by Crippen LogP contribution is -2.42. The van der Waals surface area contributed by atoms with Crippen molar-refractivity contribution in [3.8, 4) is 0 Å². The van der Waals surface area contributed by atoms with E-state index >= 15 is 0 Å². The standard InChI is InChI=1S/C24H36ClN5O/c1-6-30(20-9-7-19(8-10-20)29(4)5)23-14-18(25)13-21(16(23)2)24(31)26-12-11-22-17(3)27-15-28-22/h13-15,19-20H,6-12H2,1-5H3,(H,26,31)(H,27,28). The van der Waals surface area contributed by atoms with E-state index in [0.29, 0.717) is 35.6 Å². The molecule has 1 fully saturated rings. The van der Waals surface area contributed by atoms with Crippen molar-refractivity contribution in [1.29, 1.82) is 0 Å². The van der Waals surface area contributed by atoms with Crippen LogP contribution in [0.25, 0.3) is 0 Å². The summed E-state index contributed by atoms with van der Waals surface area (Å²) in [7, 11) is 4.34. The fourth-order valence-corrected chi connectivity index (χ4v) is 4.95. The van der Waals surface area contributed by atoms with Gasteiger partial charge in [-0.25, -0.2) is 4.98 Å². The highest BCUT2D eigenvalue weighted by Gasteiger charge is 2.28. The first-order valence-corrected chi connectivity index (χ1v) is 11.7. The molecule has 7 heteroatoms. The van der Waals surface area contributed by atoms with Gasteiger partial charge < -0.3 is 20.1 Å². The van der Waals surface area contributed by atoms with Crippen LogP contribution >= 0.6 is 11.6 Å². The van der Waals surface area contributed by atoms with E-state index in [1.807, 2.05) is 19.9 Å². The number of rotatable bonds is 8. The first kappa shape index (κ1) is 23.6. The van der Waals surface area contributed by atoms with Gasteiger partial charge in [0.05, 0.1) is 12.0 Å². The number of aryl methyl sites for hydroxylation is 1. The molecule has 0 spiro atoms. The summed E-state index contributed by atoms with van der Waals surface area (Å²) in [6.07, 6.45) is 7.11. The van der Waals surface area contributed by atoms with Crippen molar-refractivity contribution >= 4 is 23.2 Å². The Labute approximate surface area is 191 Å². The summed E-state index contributed by atoms with van der Waals surface area (Å²) in [5.41, 5.74) is 4.75. The number of anilines is 1. The van der Waals surface area contributed by atoms with E-state index in [9.17, 15) is 4.79 Å². The van der Waals surface area contributed by atoms with Crippen LogP contribution < -0.4 is 10.2 Å². The van der Waals surface area contributed by atoms with Crippen molar-refractivity contribution < 1.29 is 4.79 Å². The maximum atomic E-state index is 13.0. The van der Waals surface area contributed by atoms with Gasteiger partial charge in [-0.3, -0.25) is 4.79 Å². The maximum Gasteiger partial charge on any atom is 0.251 e. The molecule has 2 N–H and O–H groups in total. The van der Waals surface area contributed by atoms with Crippen molar-refractivity contribution in [2.45, 2.75) is 65.0 Å². The maximum absolute atomic E-state index is 13.0. The van der Waals surface area contributed by atoms with Gasteiger partial charge in [0.2, 0.25) is 0 Å². The summed E-state index contributed by atoms with van der Waals surface area (Å²) in [4.78, 5) is 25.1. The Morgan fingerprint density at radius 3 is 2.45 bits per heavy atom. The number of halogens is 1. The van der Waals surface area contributed by atoms with Gasteiger partial charge in [0.15, 0.2) is 0 Å². The summed E-state index contributed by atoms with van der Waals surface area (Å²) in [5, 5.41) is 3.64. The van der Waals surface area contributed by atoms with E-state index in [1.54, 1.807) is 12.4 Å². The third-order valence-electron chi connectivity index (χ3n) is 6.66. The number of benzene rings is 1. The molecule has 1 aromatic carbocycles. The van der Waals surface area contributed by atoms with Crippen molar-refractivity contribution in [1.82, 2.24) is 20.2 Å². The minimum atomic E-state index is -0.0817. The Bertz CT molecular complexity index is 886. The first-order chi connectivity index (χ1) is 14.8. The fraction of sp³-hybridized carbons (Fsp3) is 0.583. The number of aromatic amines is 1.